The maximum absolute atomic E-state index is 12.7. The van der Waals surface area contributed by atoms with Gasteiger partial charge in [0.2, 0.25) is 5.91 Å². The third-order valence-electron chi connectivity index (χ3n) is 4.27. The molecule has 0 aliphatic carbocycles. The Morgan fingerprint density at radius 1 is 1.17 bits per heavy atom. The number of benzene rings is 1. The van der Waals surface area contributed by atoms with Crippen molar-refractivity contribution in [2.45, 2.75) is 0 Å². The lowest BCUT2D eigenvalue weighted by Crippen LogP contribution is -2.52. The summed E-state index contributed by atoms with van der Waals surface area (Å²) in [6.07, 6.45) is 5.17. The highest BCUT2D eigenvalue weighted by Crippen LogP contribution is 2.19. The van der Waals surface area contributed by atoms with Crippen molar-refractivity contribution >= 4 is 28.4 Å². The first-order valence-corrected chi connectivity index (χ1v) is 7.79. The topological polar surface area (TPSA) is 69.3 Å². The summed E-state index contributed by atoms with van der Waals surface area (Å²) in [5.74, 6) is -0.214. The van der Waals surface area contributed by atoms with Crippen LogP contribution < -0.4 is 4.90 Å². The third kappa shape index (κ3) is 2.52. The van der Waals surface area contributed by atoms with Crippen molar-refractivity contribution in [3.63, 3.8) is 0 Å². The predicted octanol–water partition coefficient (Wildman–Crippen LogP) is 2.05. The fraction of sp³-hybridized carbons (Fsp3) is 0.167. The molecular weight excluding hydrogens is 304 g/mol. The van der Waals surface area contributed by atoms with Gasteiger partial charge < -0.3 is 14.8 Å². The molecule has 1 saturated heterocycles. The maximum atomic E-state index is 12.7. The first kappa shape index (κ1) is 14.4. The molecule has 0 spiro atoms. The Morgan fingerprint density at radius 3 is 2.88 bits per heavy atom. The van der Waals surface area contributed by atoms with Gasteiger partial charge in [-0.1, -0.05) is 6.07 Å². The number of carbonyl (C=O) groups excluding carboxylic acids is 2. The first-order chi connectivity index (χ1) is 11.7. The smallest absolute Gasteiger partial charge is 0.254 e. The molecule has 1 aliphatic heterocycles. The van der Waals surface area contributed by atoms with Crippen molar-refractivity contribution < 1.29 is 9.59 Å². The number of piperazine rings is 1. The van der Waals surface area contributed by atoms with Gasteiger partial charge in [-0.15, -0.1) is 0 Å². The molecular formula is C18H16N4O2. The summed E-state index contributed by atoms with van der Waals surface area (Å²) < 4.78 is 0. The van der Waals surface area contributed by atoms with E-state index in [2.05, 4.69) is 9.97 Å². The second kappa shape index (κ2) is 5.81. The average Bonchev–Trinajstić information content (AvgIpc) is 3.09. The van der Waals surface area contributed by atoms with Gasteiger partial charge in [-0.25, -0.2) is 0 Å². The molecule has 2 aromatic heterocycles. The van der Waals surface area contributed by atoms with Crippen LogP contribution in [-0.2, 0) is 4.79 Å². The molecule has 6 heteroatoms. The normalized spacial score (nSPS) is 15.1. The van der Waals surface area contributed by atoms with Crippen LogP contribution in [0.1, 0.15) is 10.4 Å². The van der Waals surface area contributed by atoms with E-state index in [9.17, 15) is 9.59 Å². The number of nitrogens with zero attached hydrogens (tertiary/aromatic N) is 3. The number of pyridine rings is 1. The number of amides is 2. The molecule has 1 N–H and O–H groups in total. The monoisotopic (exact) mass is 320 g/mol. The fourth-order valence-electron chi connectivity index (χ4n) is 3.00. The molecule has 1 aliphatic rings. The predicted molar refractivity (Wildman–Crippen MR) is 90.8 cm³/mol. The Hall–Kier alpha value is -3.15. The Balaban J connectivity index is 1.52. The fourth-order valence-corrected chi connectivity index (χ4v) is 3.00. The summed E-state index contributed by atoms with van der Waals surface area (Å²) in [6, 6.07) is 11.1. The Bertz CT molecular complexity index is 904. The summed E-state index contributed by atoms with van der Waals surface area (Å²) in [4.78, 5) is 35.5. The molecule has 3 aromatic rings. The first-order valence-electron chi connectivity index (χ1n) is 7.79. The number of nitrogens with one attached hydrogen (secondary N) is 1. The van der Waals surface area contributed by atoms with Crippen molar-refractivity contribution in [3.05, 3.63) is 60.6 Å². The van der Waals surface area contributed by atoms with Gasteiger partial charge in [0, 0.05) is 36.6 Å². The van der Waals surface area contributed by atoms with E-state index in [0.29, 0.717) is 18.7 Å². The molecule has 1 fully saturated rings. The lowest BCUT2D eigenvalue weighted by atomic mass is 10.1. The van der Waals surface area contributed by atoms with Crippen LogP contribution >= 0.6 is 0 Å². The highest BCUT2D eigenvalue weighted by atomic mass is 16.2. The molecule has 2 amide bonds. The van der Waals surface area contributed by atoms with Crippen LogP contribution in [0.4, 0.5) is 5.69 Å². The molecule has 0 radical (unpaired) electrons. The maximum Gasteiger partial charge on any atom is 0.254 e. The van der Waals surface area contributed by atoms with Gasteiger partial charge in [-0.2, -0.15) is 0 Å². The number of fused-ring (bicyclic) bond motifs is 1. The Morgan fingerprint density at radius 2 is 2.08 bits per heavy atom. The van der Waals surface area contributed by atoms with E-state index in [0.717, 1.165) is 16.6 Å². The van der Waals surface area contributed by atoms with Crippen molar-refractivity contribution in [1.29, 1.82) is 0 Å². The quantitative estimate of drug-likeness (QED) is 0.786. The number of carbonyl (C=O) groups is 2. The summed E-state index contributed by atoms with van der Waals surface area (Å²) in [5, 5.41) is 1.06. The number of hydrogen-bond donors (Lipinski definition) is 1. The van der Waals surface area contributed by atoms with Crippen LogP contribution in [0.3, 0.4) is 0 Å². The van der Waals surface area contributed by atoms with Gasteiger partial charge in [0.25, 0.3) is 5.91 Å². The van der Waals surface area contributed by atoms with E-state index in [-0.39, 0.29) is 18.4 Å². The molecule has 24 heavy (non-hydrogen) atoms. The van der Waals surface area contributed by atoms with Gasteiger partial charge in [0.15, 0.2) is 0 Å². The minimum atomic E-state index is -0.120. The lowest BCUT2D eigenvalue weighted by Gasteiger charge is -2.34. The average molecular weight is 320 g/mol. The number of hydrogen-bond acceptors (Lipinski definition) is 3. The number of anilines is 1. The highest BCUT2D eigenvalue weighted by molar-refractivity contribution is 6.03. The van der Waals surface area contributed by atoms with Crippen LogP contribution in [0.25, 0.3) is 10.9 Å². The molecule has 6 nitrogen and oxygen atoms in total. The molecule has 1 aromatic carbocycles. The molecule has 0 saturated carbocycles. The minimum absolute atomic E-state index is 0.0799. The largest absolute Gasteiger partial charge is 0.361 e. The number of aromatic nitrogens is 2. The van der Waals surface area contributed by atoms with E-state index in [1.165, 1.54) is 0 Å². The molecule has 120 valence electrons. The van der Waals surface area contributed by atoms with Crippen LogP contribution in [0, 0.1) is 0 Å². The number of aromatic amines is 1. The summed E-state index contributed by atoms with van der Waals surface area (Å²) >= 11 is 0. The van der Waals surface area contributed by atoms with Crippen LogP contribution in [0.2, 0.25) is 0 Å². The molecule has 0 bridgehead atoms. The van der Waals surface area contributed by atoms with Gasteiger partial charge in [0.05, 0.1) is 11.9 Å². The SMILES string of the molecule is O=C(c1ccc2cc[nH]c2c1)N1CCN(c2cccnc2)C(=O)C1. The summed E-state index contributed by atoms with van der Waals surface area (Å²) in [7, 11) is 0. The van der Waals surface area contributed by atoms with Crippen LogP contribution in [0.15, 0.2) is 55.0 Å². The van der Waals surface area contributed by atoms with E-state index in [1.54, 1.807) is 34.3 Å². The second-order valence-electron chi connectivity index (χ2n) is 5.76. The molecule has 4 rings (SSSR count). The van der Waals surface area contributed by atoms with Gasteiger partial charge in [0.1, 0.15) is 6.54 Å². The summed E-state index contributed by atoms with van der Waals surface area (Å²) in [5.41, 5.74) is 2.27. The summed E-state index contributed by atoms with van der Waals surface area (Å²) in [6.45, 7) is 1.06. The van der Waals surface area contributed by atoms with Crippen LogP contribution in [0.5, 0.6) is 0 Å². The van der Waals surface area contributed by atoms with Gasteiger partial charge >= 0.3 is 0 Å². The number of H-pyrrole nitrogens is 1. The second-order valence-corrected chi connectivity index (χ2v) is 5.76. The van der Waals surface area contributed by atoms with E-state index in [1.807, 2.05) is 30.5 Å². The van der Waals surface area contributed by atoms with Crippen LogP contribution in [-0.4, -0.2) is 46.3 Å². The molecule has 0 atom stereocenters. The van der Waals surface area contributed by atoms with Crippen molar-refractivity contribution in [3.8, 4) is 0 Å². The number of rotatable bonds is 2. The standard InChI is InChI=1S/C18H16N4O2/c23-17-12-21(8-9-22(17)15-2-1-6-19-11-15)18(24)14-4-3-13-5-7-20-16(13)10-14/h1-7,10-11,20H,8-9,12H2. The van der Waals surface area contributed by atoms with E-state index in [4.69, 9.17) is 0 Å². The zero-order valence-electron chi connectivity index (χ0n) is 13.0. The van der Waals surface area contributed by atoms with E-state index < -0.39 is 0 Å². The minimum Gasteiger partial charge on any atom is -0.361 e. The molecule has 3 heterocycles. The zero-order chi connectivity index (χ0) is 16.5. The third-order valence-corrected chi connectivity index (χ3v) is 4.27. The Kier molecular flexibility index (Phi) is 3.49. The van der Waals surface area contributed by atoms with Crippen molar-refractivity contribution in [2.24, 2.45) is 0 Å². The zero-order valence-corrected chi connectivity index (χ0v) is 13.0. The highest BCUT2D eigenvalue weighted by Gasteiger charge is 2.28. The van der Waals surface area contributed by atoms with Gasteiger partial charge in [-0.05, 0) is 35.7 Å². The lowest BCUT2D eigenvalue weighted by molar-refractivity contribution is -0.120. The Labute approximate surface area is 138 Å². The van der Waals surface area contributed by atoms with Gasteiger partial charge in [-0.3, -0.25) is 14.6 Å². The van der Waals surface area contributed by atoms with E-state index >= 15 is 0 Å². The van der Waals surface area contributed by atoms with Crippen molar-refractivity contribution in [2.75, 3.05) is 24.5 Å². The molecule has 0 unspecified atom stereocenters. The van der Waals surface area contributed by atoms with Crippen molar-refractivity contribution in [1.82, 2.24) is 14.9 Å².